The maximum Gasteiger partial charge on any atom is 0.122 e. The summed E-state index contributed by atoms with van der Waals surface area (Å²) in [5.41, 5.74) is 2.47. The first-order valence-corrected chi connectivity index (χ1v) is 8.38. The highest BCUT2D eigenvalue weighted by Crippen LogP contribution is 2.44. The quantitative estimate of drug-likeness (QED) is 0.884. The number of hydrogen-bond acceptors (Lipinski definition) is 4. The highest BCUT2D eigenvalue weighted by molar-refractivity contribution is 5.40. The second kappa shape index (κ2) is 7.09. The molecule has 4 heteroatoms. The first kappa shape index (κ1) is 15.9. The van der Waals surface area contributed by atoms with E-state index in [1.54, 1.807) is 19.5 Å². The number of nitrogens with one attached hydrogen (secondary N) is 1. The summed E-state index contributed by atoms with van der Waals surface area (Å²) in [6.07, 6.45) is 10.3. The Balaban J connectivity index is 1.79. The number of para-hydroxylation sites is 1. The smallest absolute Gasteiger partial charge is 0.122 e. The van der Waals surface area contributed by atoms with Gasteiger partial charge in [-0.25, -0.2) is 0 Å². The lowest BCUT2D eigenvalue weighted by Crippen LogP contribution is -2.37. The number of methoxy groups -OCH3 is 1. The molecule has 4 nitrogen and oxygen atoms in total. The number of hydrogen-bond donors (Lipinski definition) is 1. The zero-order valence-corrected chi connectivity index (χ0v) is 14.0. The Morgan fingerprint density at radius 2 is 2.00 bits per heavy atom. The molecule has 1 fully saturated rings. The molecule has 0 bridgehead atoms. The van der Waals surface area contributed by atoms with Crippen molar-refractivity contribution < 1.29 is 4.74 Å². The van der Waals surface area contributed by atoms with E-state index in [4.69, 9.17) is 4.74 Å². The van der Waals surface area contributed by atoms with Gasteiger partial charge in [0.05, 0.1) is 12.8 Å². The van der Waals surface area contributed by atoms with Crippen LogP contribution >= 0.6 is 0 Å². The largest absolute Gasteiger partial charge is 0.496 e. The molecule has 1 aliphatic carbocycles. The average molecular weight is 311 g/mol. The van der Waals surface area contributed by atoms with E-state index in [9.17, 15) is 0 Å². The molecule has 122 valence electrons. The fourth-order valence-corrected chi connectivity index (χ4v) is 3.66. The van der Waals surface area contributed by atoms with E-state index in [0.717, 1.165) is 18.0 Å². The molecular weight excluding hydrogens is 286 g/mol. The summed E-state index contributed by atoms with van der Waals surface area (Å²) in [6, 6.07) is 8.64. The number of benzene rings is 1. The van der Waals surface area contributed by atoms with Gasteiger partial charge in [-0.3, -0.25) is 9.97 Å². The van der Waals surface area contributed by atoms with Crippen LogP contribution in [0.5, 0.6) is 5.75 Å². The monoisotopic (exact) mass is 311 g/mol. The summed E-state index contributed by atoms with van der Waals surface area (Å²) >= 11 is 0. The summed E-state index contributed by atoms with van der Waals surface area (Å²) in [5, 5.41) is 3.67. The Morgan fingerprint density at radius 3 is 2.70 bits per heavy atom. The molecule has 1 atom stereocenters. The number of nitrogens with zero attached hydrogens (tertiary/aromatic N) is 2. The Hall–Kier alpha value is -1.94. The zero-order chi connectivity index (χ0) is 16.1. The topological polar surface area (TPSA) is 47.0 Å². The normalized spacial score (nSPS) is 17.8. The molecular formula is C19H25N3O. The molecule has 1 aromatic heterocycles. The van der Waals surface area contributed by atoms with Crippen molar-refractivity contribution in [2.24, 2.45) is 0 Å². The van der Waals surface area contributed by atoms with E-state index >= 15 is 0 Å². The van der Waals surface area contributed by atoms with Crippen molar-refractivity contribution in [3.63, 3.8) is 0 Å². The highest BCUT2D eigenvalue weighted by Gasteiger charge is 2.37. The van der Waals surface area contributed by atoms with Gasteiger partial charge < -0.3 is 10.1 Å². The van der Waals surface area contributed by atoms with Gasteiger partial charge in [0.25, 0.3) is 0 Å². The average Bonchev–Trinajstić information content (AvgIpc) is 3.10. The molecule has 0 aliphatic heterocycles. The summed E-state index contributed by atoms with van der Waals surface area (Å²) < 4.78 is 5.62. The van der Waals surface area contributed by atoms with Gasteiger partial charge in [0.15, 0.2) is 0 Å². The van der Waals surface area contributed by atoms with Gasteiger partial charge in [-0.15, -0.1) is 0 Å². The van der Waals surface area contributed by atoms with Gasteiger partial charge in [0.1, 0.15) is 5.75 Å². The van der Waals surface area contributed by atoms with E-state index in [-0.39, 0.29) is 11.5 Å². The van der Waals surface area contributed by atoms with Crippen molar-refractivity contribution in [1.82, 2.24) is 15.3 Å². The second-order valence-corrected chi connectivity index (χ2v) is 6.42. The van der Waals surface area contributed by atoms with Crippen LogP contribution in [-0.4, -0.2) is 23.6 Å². The molecule has 0 amide bonds. The highest BCUT2D eigenvalue weighted by atomic mass is 16.5. The lowest BCUT2D eigenvalue weighted by molar-refractivity contribution is 0.350. The van der Waals surface area contributed by atoms with Gasteiger partial charge >= 0.3 is 0 Å². The molecule has 0 saturated heterocycles. The molecule has 1 saturated carbocycles. The van der Waals surface area contributed by atoms with Crippen molar-refractivity contribution in [3.05, 3.63) is 54.1 Å². The summed E-state index contributed by atoms with van der Waals surface area (Å²) in [6.45, 7) is 3.08. The minimum Gasteiger partial charge on any atom is -0.496 e. The third-order valence-corrected chi connectivity index (χ3v) is 5.01. The van der Waals surface area contributed by atoms with Crippen LogP contribution in [0.3, 0.4) is 0 Å². The standard InChI is InChI=1S/C19H25N3O/c1-15(17-13-20-11-12-21-17)22-14-19(9-5-6-10-19)16-7-3-4-8-18(16)23-2/h3-4,7-8,11-13,15,22H,5-6,9-10,14H2,1-2H3/t15-/m1/s1. The van der Waals surface area contributed by atoms with Crippen LogP contribution in [-0.2, 0) is 5.41 Å². The van der Waals surface area contributed by atoms with Crippen LogP contribution in [0, 0.1) is 0 Å². The Morgan fingerprint density at radius 1 is 1.22 bits per heavy atom. The van der Waals surface area contributed by atoms with Crippen LogP contribution in [0.15, 0.2) is 42.9 Å². The van der Waals surface area contributed by atoms with Gasteiger partial charge in [-0.2, -0.15) is 0 Å². The van der Waals surface area contributed by atoms with Crippen molar-refractivity contribution in [1.29, 1.82) is 0 Å². The van der Waals surface area contributed by atoms with Crippen molar-refractivity contribution in [2.45, 2.75) is 44.1 Å². The number of aromatic nitrogens is 2. The first-order chi connectivity index (χ1) is 11.2. The van der Waals surface area contributed by atoms with Crippen LogP contribution in [0.2, 0.25) is 0 Å². The lowest BCUT2D eigenvalue weighted by Gasteiger charge is -2.32. The van der Waals surface area contributed by atoms with Crippen LogP contribution in [0.1, 0.15) is 49.9 Å². The zero-order valence-electron chi connectivity index (χ0n) is 14.0. The van der Waals surface area contributed by atoms with Gasteiger partial charge in [0, 0.05) is 42.2 Å². The molecule has 1 heterocycles. The molecule has 0 radical (unpaired) electrons. The Bertz CT molecular complexity index is 624. The summed E-state index contributed by atoms with van der Waals surface area (Å²) in [5.74, 6) is 1.00. The fraction of sp³-hybridized carbons (Fsp3) is 0.474. The summed E-state index contributed by atoms with van der Waals surface area (Å²) in [4.78, 5) is 8.57. The third kappa shape index (κ3) is 3.37. The minimum atomic E-state index is 0.156. The number of rotatable bonds is 6. The maximum absolute atomic E-state index is 5.62. The fourth-order valence-electron chi connectivity index (χ4n) is 3.66. The minimum absolute atomic E-state index is 0.156. The van der Waals surface area contributed by atoms with Gasteiger partial charge in [0.2, 0.25) is 0 Å². The van der Waals surface area contributed by atoms with E-state index < -0.39 is 0 Å². The maximum atomic E-state index is 5.62. The molecule has 3 rings (SSSR count). The van der Waals surface area contributed by atoms with Crippen molar-refractivity contribution in [2.75, 3.05) is 13.7 Å². The van der Waals surface area contributed by atoms with Gasteiger partial charge in [-0.1, -0.05) is 31.0 Å². The SMILES string of the molecule is COc1ccccc1C1(CN[C@H](C)c2cnccn2)CCCC1. The van der Waals surface area contributed by atoms with Crippen LogP contribution in [0.4, 0.5) is 0 Å². The van der Waals surface area contributed by atoms with Crippen LogP contribution < -0.4 is 10.1 Å². The molecule has 0 unspecified atom stereocenters. The number of ether oxygens (including phenoxy) is 1. The molecule has 1 aromatic carbocycles. The molecule has 1 N–H and O–H groups in total. The molecule has 1 aliphatic rings. The lowest BCUT2D eigenvalue weighted by atomic mass is 9.78. The van der Waals surface area contributed by atoms with E-state index in [1.807, 2.05) is 12.3 Å². The summed E-state index contributed by atoms with van der Waals surface area (Å²) in [7, 11) is 1.76. The third-order valence-electron chi connectivity index (χ3n) is 5.01. The second-order valence-electron chi connectivity index (χ2n) is 6.42. The molecule has 23 heavy (non-hydrogen) atoms. The van der Waals surface area contributed by atoms with E-state index in [1.165, 1.54) is 31.2 Å². The van der Waals surface area contributed by atoms with Gasteiger partial charge in [-0.05, 0) is 25.8 Å². The van der Waals surface area contributed by atoms with E-state index in [0.29, 0.717) is 0 Å². The van der Waals surface area contributed by atoms with Crippen molar-refractivity contribution >= 4 is 0 Å². The Kier molecular flexibility index (Phi) is 4.91. The molecule has 0 spiro atoms. The Labute approximate surface area is 138 Å². The van der Waals surface area contributed by atoms with Crippen molar-refractivity contribution in [3.8, 4) is 5.75 Å². The molecule has 2 aromatic rings. The van der Waals surface area contributed by atoms with E-state index in [2.05, 4.69) is 40.4 Å². The van der Waals surface area contributed by atoms with Crippen LogP contribution in [0.25, 0.3) is 0 Å². The predicted octanol–water partition coefficient (Wildman–Crippen LogP) is 3.65. The first-order valence-electron chi connectivity index (χ1n) is 8.38. The predicted molar refractivity (Wildman–Crippen MR) is 91.6 cm³/mol.